The molecule has 1 aliphatic rings. The van der Waals surface area contributed by atoms with Gasteiger partial charge in [0.15, 0.2) is 0 Å². The molecule has 9 heteroatoms. The molecule has 2 rings (SSSR count). The highest BCUT2D eigenvalue weighted by atomic mass is 35.5. The van der Waals surface area contributed by atoms with E-state index in [4.69, 9.17) is 11.6 Å². The summed E-state index contributed by atoms with van der Waals surface area (Å²) in [5.41, 5.74) is 0.276. The Labute approximate surface area is 142 Å². The number of amides is 1. The zero-order valence-electron chi connectivity index (χ0n) is 13.3. The third-order valence-corrected chi connectivity index (χ3v) is 6.25. The minimum absolute atomic E-state index is 0.229. The van der Waals surface area contributed by atoms with Crippen molar-refractivity contribution in [2.45, 2.75) is 13.8 Å². The van der Waals surface area contributed by atoms with Crippen molar-refractivity contribution in [1.29, 1.82) is 0 Å². The molecule has 0 N–H and O–H groups in total. The van der Waals surface area contributed by atoms with Crippen LogP contribution in [0, 0.1) is 0 Å². The van der Waals surface area contributed by atoms with Crippen LogP contribution in [0.1, 0.15) is 24.3 Å². The number of piperazine rings is 1. The van der Waals surface area contributed by atoms with Crippen LogP contribution in [0.2, 0.25) is 5.02 Å². The van der Waals surface area contributed by atoms with Crippen molar-refractivity contribution in [2.24, 2.45) is 0 Å². The number of rotatable bonds is 5. The molecule has 1 aromatic heterocycles. The van der Waals surface area contributed by atoms with Gasteiger partial charge in [-0.05, 0) is 12.1 Å². The van der Waals surface area contributed by atoms with Gasteiger partial charge in [0.25, 0.3) is 16.1 Å². The number of nitrogens with zero attached hydrogens (tertiary/aromatic N) is 4. The van der Waals surface area contributed by atoms with Crippen LogP contribution in [0.15, 0.2) is 18.3 Å². The largest absolute Gasteiger partial charge is 0.335 e. The van der Waals surface area contributed by atoms with Crippen molar-refractivity contribution in [2.75, 3.05) is 39.3 Å². The van der Waals surface area contributed by atoms with E-state index in [1.807, 2.05) is 13.8 Å². The average molecular weight is 361 g/mol. The van der Waals surface area contributed by atoms with Gasteiger partial charge in [-0.2, -0.15) is 17.0 Å². The molecule has 1 saturated heterocycles. The summed E-state index contributed by atoms with van der Waals surface area (Å²) in [5, 5.41) is 0.450. The molecule has 0 radical (unpaired) electrons. The second-order valence-corrected chi connectivity index (χ2v) is 7.51. The van der Waals surface area contributed by atoms with Crippen LogP contribution in [-0.2, 0) is 10.2 Å². The van der Waals surface area contributed by atoms with E-state index in [-0.39, 0.29) is 24.7 Å². The van der Waals surface area contributed by atoms with Gasteiger partial charge in [-0.15, -0.1) is 0 Å². The molecule has 0 aromatic carbocycles. The normalized spacial score (nSPS) is 16.8. The van der Waals surface area contributed by atoms with E-state index in [2.05, 4.69) is 4.98 Å². The molecule has 7 nitrogen and oxygen atoms in total. The fourth-order valence-corrected chi connectivity index (χ4v) is 4.28. The van der Waals surface area contributed by atoms with Crippen molar-refractivity contribution in [3.63, 3.8) is 0 Å². The molecular formula is C14H21ClN4O3S. The highest BCUT2D eigenvalue weighted by Crippen LogP contribution is 2.15. The molecular weight excluding hydrogens is 340 g/mol. The Morgan fingerprint density at radius 2 is 1.87 bits per heavy atom. The summed E-state index contributed by atoms with van der Waals surface area (Å²) in [6.07, 6.45) is 1.48. The van der Waals surface area contributed by atoms with Crippen LogP contribution in [-0.4, -0.2) is 72.1 Å². The topological polar surface area (TPSA) is 73.8 Å². The zero-order chi connectivity index (χ0) is 17.0. The average Bonchev–Trinajstić information content (AvgIpc) is 2.55. The van der Waals surface area contributed by atoms with Crippen LogP contribution >= 0.6 is 11.6 Å². The van der Waals surface area contributed by atoms with E-state index in [1.165, 1.54) is 20.9 Å². The first kappa shape index (κ1) is 18.1. The van der Waals surface area contributed by atoms with E-state index in [1.54, 1.807) is 11.0 Å². The quantitative estimate of drug-likeness (QED) is 0.787. The number of hydrogen-bond acceptors (Lipinski definition) is 4. The Morgan fingerprint density at radius 1 is 1.26 bits per heavy atom. The molecule has 2 heterocycles. The zero-order valence-corrected chi connectivity index (χ0v) is 14.8. The lowest BCUT2D eigenvalue weighted by Gasteiger charge is -2.36. The Morgan fingerprint density at radius 3 is 2.39 bits per heavy atom. The number of carbonyl (C=O) groups excluding carboxylic acids is 1. The van der Waals surface area contributed by atoms with Crippen LogP contribution in [0.3, 0.4) is 0 Å². The predicted octanol–water partition coefficient (Wildman–Crippen LogP) is 1.08. The SMILES string of the molecule is CCN(CC)S(=O)(=O)N1CCN(C(=O)c2cc(Cl)ccn2)CC1. The third-order valence-electron chi connectivity index (χ3n) is 3.82. The van der Waals surface area contributed by atoms with Gasteiger partial charge >= 0.3 is 0 Å². The maximum absolute atomic E-state index is 12.5. The summed E-state index contributed by atoms with van der Waals surface area (Å²) in [6.45, 7) is 5.74. The Bertz CT molecular complexity index is 656. The Hall–Kier alpha value is -1.22. The first-order valence-electron chi connectivity index (χ1n) is 7.56. The molecule has 128 valence electrons. The molecule has 23 heavy (non-hydrogen) atoms. The van der Waals surface area contributed by atoms with Crippen molar-refractivity contribution in [3.8, 4) is 0 Å². The van der Waals surface area contributed by atoms with E-state index < -0.39 is 10.2 Å². The standard InChI is InChI=1S/C14H21ClN4O3S/c1-3-18(4-2)23(21,22)19-9-7-17(8-10-19)14(20)13-11-12(15)5-6-16-13/h5-6,11H,3-4,7-10H2,1-2H3. The molecule has 1 fully saturated rings. The lowest BCUT2D eigenvalue weighted by Crippen LogP contribution is -2.54. The summed E-state index contributed by atoms with van der Waals surface area (Å²) in [7, 11) is -3.45. The summed E-state index contributed by atoms with van der Waals surface area (Å²) >= 11 is 5.87. The highest BCUT2D eigenvalue weighted by Gasteiger charge is 2.32. The summed E-state index contributed by atoms with van der Waals surface area (Å²) in [4.78, 5) is 18.0. The number of aromatic nitrogens is 1. The van der Waals surface area contributed by atoms with E-state index in [9.17, 15) is 13.2 Å². The summed E-state index contributed by atoms with van der Waals surface area (Å²) < 4.78 is 27.8. The second kappa shape index (κ2) is 7.57. The van der Waals surface area contributed by atoms with Gasteiger partial charge in [0.1, 0.15) is 5.69 Å². The Kier molecular flexibility index (Phi) is 5.96. The molecule has 0 unspecified atom stereocenters. The maximum atomic E-state index is 12.5. The fraction of sp³-hybridized carbons (Fsp3) is 0.571. The smallest absolute Gasteiger partial charge is 0.282 e. The molecule has 0 spiro atoms. The fourth-order valence-electron chi connectivity index (χ4n) is 2.52. The third kappa shape index (κ3) is 4.00. The number of halogens is 1. The lowest BCUT2D eigenvalue weighted by molar-refractivity contribution is 0.0688. The molecule has 0 saturated carbocycles. The second-order valence-electron chi connectivity index (χ2n) is 5.14. The van der Waals surface area contributed by atoms with E-state index in [0.717, 1.165) is 0 Å². The predicted molar refractivity (Wildman–Crippen MR) is 88.6 cm³/mol. The summed E-state index contributed by atoms with van der Waals surface area (Å²) in [5.74, 6) is -0.229. The minimum Gasteiger partial charge on any atom is -0.335 e. The first-order chi connectivity index (χ1) is 10.9. The van der Waals surface area contributed by atoms with Crippen molar-refractivity contribution < 1.29 is 13.2 Å². The monoisotopic (exact) mass is 360 g/mol. The van der Waals surface area contributed by atoms with Crippen LogP contribution in [0.5, 0.6) is 0 Å². The summed E-state index contributed by atoms with van der Waals surface area (Å²) in [6, 6.07) is 3.12. The highest BCUT2D eigenvalue weighted by molar-refractivity contribution is 7.86. The molecule has 1 aromatic rings. The van der Waals surface area contributed by atoms with Gasteiger partial charge in [-0.25, -0.2) is 0 Å². The number of hydrogen-bond donors (Lipinski definition) is 0. The van der Waals surface area contributed by atoms with Crippen molar-refractivity contribution >= 4 is 27.7 Å². The van der Waals surface area contributed by atoms with Gasteiger partial charge < -0.3 is 4.90 Å². The van der Waals surface area contributed by atoms with E-state index >= 15 is 0 Å². The van der Waals surface area contributed by atoms with Gasteiger partial charge in [0, 0.05) is 50.5 Å². The van der Waals surface area contributed by atoms with Crippen molar-refractivity contribution in [1.82, 2.24) is 18.5 Å². The minimum atomic E-state index is -3.45. The number of carbonyl (C=O) groups is 1. The van der Waals surface area contributed by atoms with Gasteiger partial charge in [-0.3, -0.25) is 9.78 Å². The first-order valence-corrected chi connectivity index (χ1v) is 9.33. The molecule has 1 aliphatic heterocycles. The lowest BCUT2D eigenvalue weighted by atomic mass is 10.3. The van der Waals surface area contributed by atoms with Crippen LogP contribution < -0.4 is 0 Å². The Balaban J connectivity index is 2.02. The van der Waals surface area contributed by atoms with E-state index in [0.29, 0.717) is 31.2 Å². The van der Waals surface area contributed by atoms with Gasteiger partial charge in [0.05, 0.1) is 0 Å². The van der Waals surface area contributed by atoms with Gasteiger partial charge in [0.2, 0.25) is 0 Å². The van der Waals surface area contributed by atoms with Crippen molar-refractivity contribution in [3.05, 3.63) is 29.0 Å². The van der Waals surface area contributed by atoms with Crippen LogP contribution in [0.4, 0.5) is 0 Å². The van der Waals surface area contributed by atoms with Crippen LogP contribution in [0.25, 0.3) is 0 Å². The molecule has 1 amide bonds. The number of pyridine rings is 1. The molecule has 0 aliphatic carbocycles. The maximum Gasteiger partial charge on any atom is 0.282 e. The molecule has 0 atom stereocenters. The molecule has 0 bridgehead atoms. The van der Waals surface area contributed by atoms with Gasteiger partial charge in [-0.1, -0.05) is 25.4 Å².